The fraction of sp³-hybridized carbons (Fsp3) is 0.278. The Morgan fingerprint density at radius 3 is 2.37 bits per heavy atom. The average molecular weight is 617 g/mol. The molecule has 0 saturated carbocycles. The van der Waals surface area contributed by atoms with Crippen molar-refractivity contribution in [3.63, 3.8) is 0 Å². The zero-order valence-electron chi connectivity index (χ0n) is 26.1. The van der Waals surface area contributed by atoms with E-state index in [0.29, 0.717) is 53.0 Å². The van der Waals surface area contributed by atoms with E-state index in [4.69, 9.17) is 19.4 Å². The highest BCUT2D eigenvalue weighted by atomic mass is 16.5. The van der Waals surface area contributed by atoms with Crippen molar-refractivity contribution in [3.8, 4) is 17.2 Å². The number of methoxy groups -OCH3 is 2. The van der Waals surface area contributed by atoms with E-state index in [0.717, 1.165) is 42.7 Å². The molecule has 2 unspecified atom stereocenters. The zero-order valence-corrected chi connectivity index (χ0v) is 26.1. The minimum atomic E-state index is -0.225. The standard InChI is InChI=1S/C36H36N6O4/c1-23-30-14-16-33(43)42(27-12-10-26(11-13-27)35(44)37-19-25-9-15-31(45-2)32(17-25)46-3)34(30)39-36(38-23)41-22-28-18-29(41)21-40(28)20-24-7-5-4-6-8-24/h4-17,28-29H,18-22H2,1-3H3,(H,37,44). The fourth-order valence-electron chi connectivity index (χ4n) is 6.67. The van der Waals surface area contributed by atoms with E-state index < -0.39 is 0 Å². The number of likely N-dealkylation sites (tertiary alicyclic amines) is 1. The molecule has 3 aromatic carbocycles. The Kier molecular flexibility index (Phi) is 7.88. The molecule has 5 aromatic rings. The molecule has 0 aliphatic carbocycles. The summed E-state index contributed by atoms with van der Waals surface area (Å²) >= 11 is 0. The molecule has 1 N–H and O–H groups in total. The number of hydrogen-bond acceptors (Lipinski definition) is 8. The van der Waals surface area contributed by atoms with Gasteiger partial charge in [-0.2, -0.15) is 4.98 Å². The van der Waals surface area contributed by atoms with Gasteiger partial charge in [-0.05, 0) is 66.9 Å². The number of carbonyl (C=O) groups excluding carboxylic acids is 1. The molecule has 10 nitrogen and oxygen atoms in total. The van der Waals surface area contributed by atoms with Gasteiger partial charge in [0.15, 0.2) is 17.1 Å². The minimum Gasteiger partial charge on any atom is -0.493 e. The Bertz CT molecular complexity index is 1960. The van der Waals surface area contributed by atoms with Gasteiger partial charge >= 0.3 is 0 Å². The van der Waals surface area contributed by atoms with Crippen LogP contribution in [0.15, 0.2) is 89.7 Å². The summed E-state index contributed by atoms with van der Waals surface area (Å²) in [7, 11) is 3.16. The van der Waals surface area contributed by atoms with Crippen LogP contribution in [0.4, 0.5) is 5.95 Å². The largest absolute Gasteiger partial charge is 0.493 e. The quantitative estimate of drug-likeness (QED) is 0.259. The van der Waals surface area contributed by atoms with Crippen molar-refractivity contribution in [2.75, 3.05) is 32.2 Å². The Morgan fingerprint density at radius 2 is 1.65 bits per heavy atom. The number of pyridine rings is 1. The van der Waals surface area contributed by atoms with E-state index in [2.05, 4.69) is 45.4 Å². The third-order valence-corrected chi connectivity index (χ3v) is 9.06. The molecular formula is C36H36N6O4. The van der Waals surface area contributed by atoms with Crippen molar-refractivity contribution in [2.45, 2.75) is 38.5 Å². The van der Waals surface area contributed by atoms with Gasteiger partial charge in [0.25, 0.3) is 11.5 Å². The summed E-state index contributed by atoms with van der Waals surface area (Å²) in [4.78, 5) is 41.0. The summed E-state index contributed by atoms with van der Waals surface area (Å²) in [5.41, 5.74) is 4.51. The molecule has 2 aliphatic heterocycles. The van der Waals surface area contributed by atoms with Crippen molar-refractivity contribution in [1.82, 2.24) is 24.8 Å². The number of amides is 1. The van der Waals surface area contributed by atoms with Crippen LogP contribution in [0, 0.1) is 6.92 Å². The Balaban J connectivity index is 1.10. The molecular weight excluding hydrogens is 580 g/mol. The van der Waals surface area contributed by atoms with Crippen molar-refractivity contribution in [1.29, 1.82) is 0 Å². The maximum absolute atomic E-state index is 13.3. The topological polar surface area (TPSA) is 102 Å². The highest BCUT2D eigenvalue weighted by Crippen LogP contribution is 2.35. The molecule has 234 valence electrons. The predicted molar refractivity (Wildman–Crippen MR) is 177 cm³/mol. The molecule has 7 rings (SSSR count). The summed E-state index contributed by atoms with van der Waals surface area (Å²) < 4.78 is 12.3. The molecule has 2 saturated heterocycles. The molecule has 0 radical (unpaired) electrons. The normalized spacial score (nSPS) is 17.4. The Morgan fingerprint density at radius 1 is 0.870 bits per heavy atom. The van der Waals surface area contributed by atoms with Gasteiger partial charge in [0.05, 0.1) is 25.6 Å². The molecule has 2 aliphatic rings. The number of rotatable bonds is 9. The first-order chi connectivity index (χ1) is 22.4. The van der Waals surface area contributed by atoms with Gasteiger partial charge in [-0.25, -0.2) is 4.98 Å². The predicted octanol–water partition coefficient (Wildman–Crippen LogP) is 4.50. The molecule has 2 fully saturated rings. The number of ether oxygens (including phenoxy) is 2. The first-order valence-corrected chi connectivity index (χ1v) is 15.5. The number of aromatic nitrogens is 3. The zero-order chi connectivity index (χ0) is 31.8. The molecule has 46 heavy (non-hydrogen) atoms. The first-order valence-electron chi connectivity index (χ1n) is 15.5. The van der Waals surface area contributed by atoms with Gasteiger partial charge < -0.3 is 19.7 Å². The van der Waals surface area contributed by atoms with Crippen LogP contribution in [0.5, 0.6) is 11.5 Å². The SMILES string of the molecule is COc1ccc(CNC(=O)c2ccc(-n3c(=O)ccc4c(C)nc(N5CC6CC5CN6Cc5ccccc5)nc43)cc2)cc1OC. The summed E-state index contributed by atoms with van der Waals surface area (Å²) in [6, 6.07) is 27.2. The third kappa shape index (κ3) is 5.56. The van der Waals surface area contributed by atoms with Crippen molar-refractivity contribution >= 4 is 22.9 Å². The summed E-state index contributed by atoms with van der Waals surface area (Å²) in [5.74, 6) is 1.66. The van der Waals surface area contributed by atoms with Gasteiger partial charge in [-0.3, -0.25) is 19.1 Å². The van der Waals surface area contributed by atoms with E-state index in [1.54, 1.807) is 55.2 Å². The van der Waals surface area contributed by atoms with E-state index >= 15 is 0 Å². The summed E-state index contributed by atoms with van der Waals surface area (Å²) in [6.45, 7) is 5.04. The van der Waals surface area contributed by atoms with Gasteiger partial charge in [0, 0.05) is 55.3 Å². The smallest absolute Gasteiger partial charge is 0.256 e. The van der Waals surface area contributed by atoms with E-state index in [1.165, 1.54) is 5.56 Å². The number of nitrogens with zero attached hydrogens (tertiary/aromatic N) is 5. The Hall–Kier alpha value is -5.22. The second-order valence-corrected chi connectivity index (χ2v) is 11.9. The number of fused-ring (bicyclic) bond motifs is 3. The second kappa shape index (κ2) is 12.3. The third-order valence-electron chi connectivity index (χ3n) is 9.06. The number of hydrogen-bond donors (Lipinski definition) is 1. The lowest BCUT2D eigenvalue weighted by Crippen LogP contribution is -2.46. The van der Waals surface area contributed by atoms with Crippen molar-refractivity contribution in [3.05, 3.63) is 118 Å². The van der Waals surface area contributed by atoms with Crippen molar-refractivity contribution < 1.29 is 14.3 Å². The molecule has 2 aromatic heterocycles. The number of aryl methyl sites for hydroxylation is 1. The highest BCUT2D eigenvalue weighted by molar-refractivity contribution is 5.94. The van der Waals surface area contributed by atoms with E-state index in [1.807, 2.05) is 25.1 Å². The van der Waals surface area contributed by atoms with Crippen LogP contribution in [-0.4, -0.2) is 64.7 Å². The van der Waals surface area contributed by atoms with Gasteiger partial charge in [0.1, 0.15) is 0 Å². The Labute approximate surface area is 267 Å². The minimum absolute atomic E-state index is 0.195. The van der Waals surface area contributed by atoms with E-state index in [9.17, 15) is 9.59 Å². The van der Waals surface area contributed by atoms with Crippen LogP contribution in [0.2, 0.25) is 0 Å². The van der Waals surface area contributed by atoms with Crippen LogP contribution in [0.25, 0.3) is 16.7 Å². The average Bonchev–Trinajstić information content (AvgIpc) is 3.68. The number of anilines is 1. The highest BCUT2D eigenvalue weighted by Gasteiger charge is 2.44. The number of carbonyl (C=O) groups is 1. The number of piperazine rings is 1. The number of nitrogens with one attached hydrogen (secondary N) is 1. The second-order valence-electron chi connectivity index (χ2n) is 11.9. The molecule has 2 atom stereocenters. The van der Waals surface area contributed by atoms with E-state index in [-0.39, 0.29) is 11.5 Å². The summed E-state index contributed by atoms with van der Waals surface area (Å²) in [5, 5.41) is 3.76. The van der Waals surface area contributed by atoms with Crippen LogP contribution in [0.3, 0.4) is 0 Å². The molecule has 0 spiro atoms. The van der Waals surface area contributed by atoms with Crippen molar-refractivity contribution in [2.24, 2.45) is 0 Å². The molecule has 10 heteroatoms. The van der Waals surface area contributed by atoms with Gasteiger partial charge in [-0.1, -0.05) is 36.4 Å². The maximum Gasteiger partial charge on any atom is 0.256 e. The van der Waals surface area contributed by atoms with Crippen LogP contribution < -0.4 is 25.2 Å². The lowest BCUT2D eigenvalue weighted by molar-refractivity contribution is 0.0951. The van der Waals surface area contributed by atoms with Crippen LogP contribution >= 0.6 is 0 Å². The molecule has 2 bridgehead atoms. The van der Waals surface area contributed by atoms with Crippen LogP contribution in [-0.2, 0) is 13.1 Å². The summed E-state index contributed by atoms with van der Waals surface area (Å²) in [6.07, 6.45) is 1.07. The monoisotopic (exact) mass is 616 g/mol. The van der Waals surface area contributed by atoms with Gasteiger partial charge in [-0.15, -0.1) is 0 Å². The van der Waals surface area contributed by atoms with Crippen LogP contribution in [0.1, 0.15) is 33.6 Å². The number of benzene rings is 3. The lowest BCUT2D eigenvalue weighted by atomic mass is 10.1. The molecule has 1 amide bonds. The first kappa shape index (κ1) is 29.5. The molecule has 4 heterocycles. The fourth-order valence-corrected chi connectivity index (χ4v) is 6.67. The maximum atomic E-state index is 13.3. The van der Waals surface area contributed by atoms with Gasteiger partial charge in [0.2, 0.25) is 5.95 Å². The lowest BCUT2D eigenvalue weighted by Gasteiger charge is -2.34.